The first-order valence-corrected chi connectivity index (χ1v) is 5.11. The molecule has 0 N–H and O–H groups in total. The van der Waals surface area contributed by atoms with Crippen molar-refractivity contribution in [3.8, 4) is 0 Å². The summed E-state index contributed by atoms with van der Waals surface area (Å²) in [5.41, 5.74) is 0. The third kappa shape index (κ3) is 7.06. The molecule has 0 unspecified atom stereocenters. The summed E-state index contributed by atoms with van der Waals surface area (Å²) in [6, 6.07) is 0. The molecule has 5 heteroatoms. The first-order valence-electron chi connectivity index (χ1n) is 4.23. The fourth-order valence-electron chi connectivity index (χ4n) is 0.739. The van der Waals surface area contributed by atoms with Crippen LogP contribution in [0.15, 0.2) is 0 Å². The zero-order chi connectivity index (χ0) is 10.3. The molecule has 0 rings (SSSR count). The van der Waals surface area contributed by atoms with Gasteiger partial charge in [-0.1, -0.05) is 0 Å². The number of ether oxygens (including phenoxy) is 1. The molecule has 0 aliphatic rings. The summed E-state index contributed by atoms with van der Waals surface area (Å²) >= 11 is 1.84. The molecule has 0 spiro atoms. The van der Waals surface area contributed by atoms with E-state index < -0.39 is 0 Å². The van der Waals surface area contributed by atoms with Crippen LogP contribution in [0, 0.1) is 0 Å². The zero-order valence-corrected chi connectivity index (χ0v) is 10.4. The van der Waals surface area contributed by atoms with E-state index in [1.807, 2.05) is 36.9 Å². The first-order chi connectivity index (χ1) is 6.07. The van der Waals surface area contributed by atoms with Gasteiger partial charge in [0.1, 0.15) is 23.0 Å². The number of amides is 1. The maximum atomic E-state index is 11.2. The quantitative estimate of drug-likeness (QED) is 0.577. The highest BCUT2D eigenvalue weighted by atomic mass is 127. The molecule has 0 fully saturated rings. The van der Waals surface area contributed by atoms with E-state index in [2.05, 4.69) is 0 Å². The van der Waals surface area contributed by atoms with Gasteiger partial charge in [-0.3, -0.25) is 0 Å². The van der Waals surface area contributed by atoms with Crippen LogP contribution in [0.5, 0.6) is 0 Å². The molecule has 0 saturated heterocycles. The number of carbonyl (C=O) groups is 1. The van der Waals surface area contributed by atoms with Gasteiger partial charge in [0.05, 0.1) is 12.7 Å². The van der Waals surface area contributed by atoms with Gasteiger partial charge in [0.25, 0.3) is 0 Å². The third-order valence-electron chi connectivity index (χ3n) is 1.36. The summed E-state index contributed by atoms with van der Waals surface area (Å²) in [6.07, 6.45) is 0.492. The maximum Gasteiger partial charge on any atom is 0.409 e. The fourth-order valence-corrected chi connectivity index (χ4v) is 1.05. The van der Waals surface area contributed by atoms with E-state index in [-0.39, 0.29) is 12.2 Å². The van der Waals surface area contributed by atoms with Crippen molar-refractivity contribution in [1.82, 2.24) is 4.90 Å². The molecule has 4 nitrogen and oxygen atoms in total. The van der Waals surface area contributed by atoms with E-state index in [1.54, 1.807) is 11.9 Å². The number of rotatable bonds is 5. The van der Waals surface area contributed by atoms with E-state index in [0.717, 1.165) is 6.42 Å². The van der Waals surface area contributed by atoms with E-state index in [1.165, 1.54) is 0 Å². The molecular weight excluding hydrogens is 285 g/mol. The topological polar surface area (TPSA) is 38.8 Å². The van der Waals surface area contributed by atoms with Crippen molar-refractivity contribution in [2.24, 2.45) is 0 Å². The molecule has 1 amide bonds. The van der Waals surface area contributed by atoms with Gasteiger partial charge in [0.2, 0.25) is 0 Å². The van der Waals surface area contributed by atoms with Gasteiger partial charge >= 0.3 is 6.09 Å². The van der Waals surface area contributed by atoms with E-state index >= 15 is 0 Å². The molecule has 0 aromatic rings. The van der Waals surface area contributed by atoms with Crippen molar-refractivity contribution in [3.05, 3.63) is 0 Å². The Hall–Kier alpha value is -0.0400. The molecule has 0 bridgehead atoms. The van der Waals surface area contributed by atoms with Crippen molar-refractivity contribution in [3.63, 3.8) is 0 Å². The van der Waals surface area contributed by atoms with Crippen LogP contribution >= 0.6 is 23.0 Å². The van der Waals surface area contributed by atoms with Gasteiger partial charge in [-0.15, -0.1) is 0 Å². The molecule has 0 radical (unpaired) electrons. The summed E-state index contributed by atoms with van der Waals surface area (Å²) < 4.78 is 9.83. The van der Waals surface area contributed by atoms with Crippen LogP contribution in [0.1, 0.15) is 20.3 Å². The Balaban J connectivity index is 3.57. The number of nitrogens with zero attached hydrogens (tertiary/aromatic N) is 1. The summed E-state index contributed by atoms with van der Waals surface area (Å²) in [4.78, 5) is 12.8. The lowest BCUT2D eigenvalue weighted by molar-refractivity contribution is 0.0831. The molecule has 0 atom stereocenters. The van der Waals surface area contributed by atoms with Gasteiger partial charge in [0, 0.05) is 13.6 Å². The number of hydrogen-bond acceptors (Lipinski definition) is 3. The number of carbonyl (C=O) groups excluding carboxylic acids is 1. The second-order valence-electron chi connectivity index (χ2n) is 3.02. The number of halogens is 1. The van der Waals surface area contributed by atoms with Crippen LogP contribution in [0.25, 0.3) is 0 Å². The minimum Gasteiger partial charge on any atom is -0.447 e. The van der Waals surface area contributed by atoms with Gasteiger partial charge < -0.3 is 12.7 Å². The Morgan fingerprint density at radius 3 is 2.62 bits per heavy atom. The Bertz CT molecular complexity index is 152. The van der Waals surface area contributed by atoms with Gasteiger partial charge in [-0.25, -0.2) is 4.79 Å². The monoisotopic (exact) mass is 301 g/mol. The highest BCUT2D eigenvalue weighted by Crippen LogP contribution is 1.98. The van der Waals surface area contributed by atoms with E-state index in [0.29, 0.717) is 13.2 Å². The normalized spacial score (nSPS) is 10.2. The average molecular weight is 301 g/mol. The molecule has 78 valence electrons. The van der Waals surface area contributed by atoms with Crippen LogP contribution in [0.2, 0.25) is 0 Å². The van der Waals surface area contributed by atoms with Gasteiger partial charge in [0.15, 0.2) is 0 Å². The predicted octanol–water partition coefficient (Wildman–Crippen LogP) is 2.22. The minimum absolute atomic E-state index is 0.0595. The van der Waals surface area contributed by atoms with Crippen molar-refractivity contribution >= 4 is 29.1 Å². The van der Waals surface area contributed by atoms with Crippen LogP contribution in [0.3, 0.4) is 0 Å². The summed E-state index contributed by atoms with van der Waals surface area (Å²) in [5, 5.41) is 0. The Morgan fingerprint density at radius 2 is 2.15 bits per heavy atom. The molecule has 13 heavy (non-hydrogen) atoms. The lowest BCUT2D eigenvalue weighted by atomic mass is 10.4. The summed E-state index contributed by atoms with van der Waals surface area (Å²) in [5.74, 6) is 0. The predicted molar refractivity (Wildman–Crippen MR) is 58.8 cm³/mol. The van der Waals surface area contributed by atoms with Crippen molar-refractivity contribution in [2.75, 3.05) is 20.2 Å². The lowest BCUT2D eigenvalue weighted by Crippen LogP contribution is -2.30. The maximum absolute atomic E-state index is 11.2. The number of hydrogen-bond donors (Lipinski definition) is 0. The van der Waals surface area contributed by atoms with Crippen molar-refractivity contribution in [1.29, 1.82) is 0 Å². The van der Waals surface area contributed by atoms with E-state index in [4.69, 9.17) is 7.80 Å². The van der Waals surface area contributed by atoms with E-state index in [9.17, 15) is 4.79 Å². The molecule has 0 aliphatic carbocycles. The van der Waals surface area contributed by atoms with Crippen LogP contribution in [-0.2, 0) is 7.80 Å². The molecule has 0 heterocycles. The van der Waals surface area contributed by atoms with Crippen LogP contribution in [0.4, 0.5) is 4.79 Å². The average Bonchev–Trinajstić information content (AvgIpc) is 2.03. The van der Waals surface area contributed by atoms with Gasteiger partial charge in [-0.2, -0.15) is 0 Å². The fraction of sp³-hybridized carbons (Fsp3) is 0.875. The van der Waals surface area contributed by atoms with Crippen molar-refractivity contribution in [2.45, 2.75) is 26.4 Å². The first kappa shape index (κ1) is 13.0. The zero-order valence-electron chi connectivity index (χ0n) is 8.25. The van der Waals surface area contributed by atoms with Crippen molar-refractivity contribution < 1.29 is 12.6 Å². The standard InChI is InChI=1S/C8H16INO3/c1-7(2)13-8(11)10(3)5-4-6-12-9/h7H,4-6H2,1-3H3. The molecule has 0 aromatic carbocycles. The van der Waals surface area contributed by atoms with Crippen LogP contribution in [-0.4, -0.2) is 37.3 Å². The lowest BCUT2D eigenvalue weighted by Gasteiger charge is -2.18. The summed E-state index contributed by atoms with van der Waals surface area (Å²) in [7, 11) is 1.72. The smallest absolute Gasteiger partial charge is 0.409 e. The second kappa shape index (κ2) is 7.37. The van der Waals surface area contributed by atoms with Crippen LogP contribution < -0.4 is 0 Å². The molecule has 0 aromatic heterocycles. The molecule has 0 aliphatic heterocycles. The highest BCUT2D eigenvalue weighted by molar-refractivity contribution is 14.1. The second-order valence-corrected chi connectivity index (χ2v) is 3.64. The van der Waals surface area contributed by atoms with Gasteiger partial charge in [-0.05, 0) is 20.3 Å². The minimum atomic E-state index is -0.275. The Kier molecular flexibility index (Phi) is 7.35. The molecular formula is C8H16INO3. The Morgan fingerprint density at radius 1 is 1.54 bits per heavy atom. The molecule has 0 saturated carbocycles. The highest BCUT2D eigenvalue weighted by Gasteiger charge is 2.10. The Labute approximate surface area is 93.3 Å². The third-order valence-corrected chi connectivity index (χ3v) is 1.80. The summed E-state index contributed by atoms with van der Waals surface area (Å²) in [6.45, 7) is 4.98. The SMILES string of the molecule is CC(C)OC(=O)N(C)CCCOI. The largest absolute Gasteiger partial charge is 0.447 e.